The smallest absolute Gasteiger partial charge is 0.189 e. The van der Waals surface area contributed by atoms with E-state index in [1.807, 2.05) is 56.6 Å². The fourth-order valence-electron chi connectivity index (χ4n) is 4.53. The number of allylic oxidation sites excluding steroid dienone is 1. The van der Waals surface area contributed by atoms with E-state index in [0.29, 0.717) is 17.9 Å². The van der Waals surface area contributed by atoms with Crippen molar-refractivity contribution in [2.75, 3.05) is 40.3 Å². The van der Waals surface area contributed by atoms with Gasteiger partial charge in [-0.15, -0.1) is 0 Å². The van der Waals surface area contributed by atoms with E-state index >= 15 is 0 Å². The number of likely N-dealkylation sites (tertiary alicyclic amines) is 1. The molecule has 1 saturated heterocycles. The molecule has 0 unspecified atom stereocenters. The van der Waals surface area contributed by atoms with Gasteiger partial charge in [0.25, 0.3) is 0 Å². The number of ether oxygens (including phenoxy) is 1. The second kappa shape index (κ2) is 12.0. The van der Waals surface area contributed by atoms with Gasteiger partial charge in [0.1, 0.15) is 12.4 Å². The van der Waals surface area contributed by atoms with Crippen LogP contribution in [-0.4, -0.2) is 55.9 Å². The van der Waals surface area contributed by atoms with E-state index in [9.17, 15) is 4.79 Å². The maximum Gasteiger partial charge on any atom is 0.189 e. The molecule has 182 valence electrons. The van der Waals surface area contributed by atoms with Crippen LogP contribution in [-0.2, 0) is 6.54 Å². The minimum atomic E-state index is -0.0451. The lowest BCUT2D eigenvalue weighted by Crippen LogP contribution is -2.20. The Morgan fingerprint density at radius 3 is 2.51 bits per heavy atom. The topological polar surface area (TPSA) is 32.8 Å². The highest BCUT2D eigenvalue weighted by Gasteiger charge is 2.15. The van der Waals surface area contributed by atoms with Crippen LogP contribution in [0.15, 0.2) is 72.8 Å². The molecule has 0 aliphatic carbocycles. The molecule has 3 aromatic carbocycles. The van der Waals surface area contributed by atoms with Crippen LogP contribution in [0, 0.1) is 6.92 Å². The largest absolute Gasteiger partial charge is 0.491 e. The van der Waals surface area contributed by atoms with Crippen LogP contribution in [0.3, 0.4) is 0 Å². The van der Waals surface area contributed by atoms with Crippen molar-refractivity contribution < 1.29 is 9.53 Å². The molecular formula is C31H36N2O2. The van der Waals surface area contributed by atoms with Gasteiger partial charge in [-0.3, -0.25) is 9.69 Å². The minimum Gasteiger partial charge on any atom is -0.491 e. The number of rotatable bonds is 10. The van der Waals surface area contributed by atoms with Crippen molar-refractivity contribution in [3.05, 3.63) is 95.1 Å². The van der Waals surface area contributed by atoms with Crippen molar-refractivity contribution in [2.24, 2.45) is 0 Å². The Bertz CT molecular complexity index is 1180. The van der Waals surface area contributed by atoms with Crippen molar-refractivity contribution in [1.82, 2.24) is 9.80 Å². The molecule has 0 amide bonds. The summed E-state index contributed by atoms with van der Waals surface area (Å²) < 4.78 is 6.05. The molecule has 1 fully saturated rings. The molecule has 0 radical (unpaired) electrons. The first kappa shape index (κ1) is 24.9. The Hall–Kier alpha value is -3.21. The lowest BCUT2D eigenvalue weighted by Gasteiger charge is -2.16. The summed E-state index contributed by atoms with van der Waals surface area (Å²) >= 11 is 0. The number of benzene rings is 3. The quantitative estimate of drug-likeness (QED) is 0.266. The molecule has 3 aromatic rings. The van der Waals surface area contributed by atoms with Gasteiger partial charge >= 0.3 is 0 Å². The standard InChI is InChI=1S/C31H36N2O2/c1-24-10-4-7-13-28(24)26-15-17-31(35-21-20-32(2)3)29(22-26)30(34)16-14-25-11-5-6-12-27(25)23-33-18-8-9-19-33/h4-7,10-17,22H,8-9,18-21,23H2,1-3H3/b16-14+. The number of hydrogen-bond acceptors (Lipinski definition) is 4. The Balaban J connectivity index is 1.61. The Morgan fingerprint density at radius 2 is 1.74 bits per heavy atom. The third-order valence-corrected chi connectivity index (χ3v) is 6.56. The first-order valence-electron chi connectivity index (χ1n) is 12.5. The second-order valence-electron chi connectivity index (χ2n) is 9.56. The number of carbonyl (C=O) groups is 1. The van der Waals surface area contributed by atoms with Gasteiger partial charge < -0.3 is 9.64 Å². The minimum absolute atomic E-state index is 0.0451. The SMILES string of the molecule is Cc1ccccc1-c1ccc(OCCN(C)C)c(C(=O)/C=C/c2ccccc2CN2CCCC2)c1. The Labute approximate surface area is 209 Å². The predicted molar refractivity (Wildman–Crippen MR) is 145 cm³/mol. The third kappa shape index (κ3) is 6.68. The molecule has 1 heterocycles. The van der Waals surface area contributed by atoms with Crippen LogP contribution in [0.2, 0.25) is 0 Å². The molecule has 0 N–H and O–H groups in total. The van der Waals surface area contributed by atoms with Crippen LogP contribution in [0.1, 0.15) is 39.9 Å². The van der Waals surface area contributed by atoms with Gasteiger partial charge in [-0.1, -0.05) is 60.7 Å². The fourth-order valence-corrected chi connectivity index (χ4v) is 4.53. The van der Waals surface area contributed by atoms with Gasteiger partial charge in [-0.05, 0) is 93.0 Å². The molecule has 0 spiro atoms. The van der Waals surface area contributed by atoms with Gasteiger partial charge in [0.05, 0.1) is 5.56 Å². The molecule has 35 heavy (non-hydrogen) atoms. The molecule has 1 aliphatic heterocycles. The van der Waals surface area contributed by atoms with Crippen LogP contribution in [0.5, 0.6) is 5.75 Å². The van der Waals surface area contributed by atoms with Gasteiger partial charge in [-0.2, -0.15) is 0 Å². The summed E-state index contributed by atoms with van der Waals surface area (Å²) in [4.78, 5) is 18.0. The van der Waals surface area contributed by atoms with E-state index in [1.165, 1.54) is 24.0 Å². The van der Waals surface area contributed by atoms with Gasteiger partial charge in [-0.25, -0.2) is 0 Å². The fraction of sp³-hybridized carbons (Fsp3) is 0.323. The average molecular weight is 469 g/mol. The predicted octanol–water partition coefficient (Wildman–Crippen LogP) is 6.09. The van der Waals surface area contributed by atoms with Crippen molar-refractivity contribution in [3.8, 4) is 16.9 Å². The molecule has 0 bridgehead atoms. The number of likely N-dealkylation sites (N-methyl/N-ethyl adjacent to an activating group) is 1. The highest BCUT2D eigenvalue weighted by molar-refractivity contribution is 6.09. The second-order valence-corrected chi connectivity index (χ2v) is 9.56. The normalized spacial score (nSPS) is 14.2. The van der Waals surface area contributed by atoms with Gasteiger partial charge in [0, 0.05) is 13.1 Å². The number of hydrogen-bond donors (Lipinski definition) is 0. The summed E-state index contributed by atoms with van der Waals surface area (Å²) in [5, 5.41) is 0. The van der Waals surface area contributed by atoms with Crippen LogP contribution >= 0.6 is 0 Å². The number of ketones is 1. The zero-order valence-electron chi connectivity index (χ0n) is 21.2. The van der Waals surface area contributed by atoms with E-state index in [-0.39, 0.29) is 5.78 Å². The molecule has 4 heteroatoms. The lowest BCUT2D eigenvalue weighted by atomic mass is 9.96. The van der Waals surface area contributed by atoms with E-state index in [2.05, 4.69) is 47.1 Å². The number of nitrogens with zero attached hydrogens (tertiary/aromatic N) is 2. The summed E-state index contributed by atoms with van der Waals surface area (Å²) in [5.74, 6) is 0.584. The molecule has 4 nitrogen and oxygen atoms in total. The van der Waals surface area contributed by atoms with Crippen molar-refractivity contribution in [2.45, 2.75) is 26.3 Å². The van der Waals surface area contributed by atoms with E-state index in [4.69, 9.17) is 4.74 Å². The maximum absolute atomic E-state index is 13.5. The summed E-state index contributed by atoms with van der Waals surface area (Å²) in [6.45, 7) is 6.63. The van der Waals surface area contributed by atoms with E-state index < -0.39 is 0 Å². The zero-order chi connectivity index (χ0) is 24.6. The first-order valence-corrected chi connectivity index (χ1v) is 12.5. The molecule has 1 aliphatic rings. The summed E-state index contributed by atoms with van der Waals surface area (Å²) in [6.07, 6.45) is 6.19. The highest BCUT2D eigenvalue weighted by Crippen LogP contribution is 2.30. The lowest BCUT2D eigenvalue weighted by molar-refractivity contribution is 0.104. The number of aryl methyl sites for hydroxylation is 1. The van der Waals surface area contributed by atoms with E-state index in [1.54, 1.807) is 6.08 Å². The van der Waals surface area contributed by atoms with Crippen LogP contribution in [0.4, 0.5) is 0 Å². The first-order chi connectivity index (χ1) is 17.0. The molecule has 0 aromatic heterocycles. The average Bonchev–Trinajstić information content (AvgIpc) is 3.37. The third-order valence-electron chi connectivity index (χ3n) is 6.56. The van der Waals surface area contributed by atoms with Crippen LogP contribution in [0.25, 0.3) is 17.2 Å². The van der Waals surface area contributed by atoms with Crippen LogP contribution < -0.4 is 4.74 Å². The van der Waals surface area contributed by atoms with Crippen molar-refractivity contribution in [1.29, 1.82) is 0 Å². The summed E-state index contributed by atoms with van der Waals surface area (Å²) in [5.41, 5.74) is 6.28. The zero-order valence-corrected chi connectivity index (χ0v) is 21.2. The Morgan fingerprint density at radius 1 is 1.00 bits per heavy atom. The van der Waals surface area contributed by atoms with Gasteiger partial charge in [0.2, 0.25) is 0 Å². The Kier molecular flexibility index (Phi) is 8.51. The molecule has 4 rings (SSSR count). The molecule has 0 saturated carbocycles. The maximum atomic E-state index is 13.5. The number of carbonyl (C=O) groups excluding carboxylic acids is 1. The summed E-state index contributed by atoms with van der Waals surface area (Å²) in [7, 11) is 4.03. The monoisotopic (exact) mass is 468 g/mol. The van der Waals surface area contributed by atoms with Gasteiger partial charge in [0.15, 0.2) is 5.78 Å². The highest BCUT2D eigenvalue weighted by atomic mass is 16.5. The van der Waals surface area contributed by atoms with Crippen molar-refractivity contribution >= 4 is 11.9 Å². The van der Waals surface area contributed by atoms with E-state index in [0.717, 1.165) is 42.9 Å². The van der Waals surface area contributed by atoms with Crippen molar-refractivity contribution in [3.63, 3.8) is 0 Å². The molecular weight excluding hydrogens is 432 g/mol. The molecule has 0 atom stereocenters. The summed E-state index contributed by atoms with van der Waals surface area (Å²) in [6, 6.07) is 22.6.